The maximum atomic E-state index is 13.5. The number of hydrogen-bond donors (Lipinski definition) is 1. The van der Waals surface area contributed by atoms with E-state index in [1.165, 1.54) is 28.4 Å². The van der Waals surface area contributed by atoms with E-state index in [0.717, 1.165) is 5.56 Å². The highest BCUT2D eigenvalue weighted by Crippen LogP contribution is 2.49. The topological polar surface area (TPSA) is 83.1 Å². The van der Waals surface area contributed by atoms with Crippen LogP contribution >= 0.6 is 0 Å². The average Bonchev–Trinajstić information content (AvgIpc) is 3.08. The third kappa shape index (κ3) is 3.04. The molecule has 31 heavy (non-hydrogen) atoms. The molecule has 1 heterocycles. The van der Waals surface area contributed by atoms with Crippen molar-refractivity contribution < 1.29 is 28.5 Å². The highest BCUT2D eigenvalue weighted by Gasteiger charge is 2.43. The maximum absolute atomic E-state index is 13.5. The molecule has 2 aliphatic rings. The first-order valence-corrected chi connectivity index (χ1v) is 9.71. The van der Waals surface area contributed by atoms with Crippen molar-refractivity contribution in [1.29, 1.82) is 0 Å². The number of benzene rings is 2. The predicted molar refractivity (Wildman–Crippen MR) is 114 cm³/mol. The molecule has 0 bridgehead atoms. The smallest absolute Gasteiger partial charge is 0.336 e. The summed E-state index contributed by atoms with van der Waals surface area (Å²) in [6.45, 7) is 1.80. The summed E-state index contributed by atoms with van der Waals surface area (Å²) in [5, 5.41) is 3.26. The summed E-state index contributed by atoms with van der Waals surface area (Å²) in [4.78, 5) is 26.3. The Hall–Kier alpha value is -3.74. The normalized spacial score (nSPS) is 17.1. The molecule has 0 aromatic heterocycles. The Morgan fingerprint density at radius 1 is 0.935 bits per heavy atom. The molecular weight excluding hydrogens is 398 g/mol. The summed E-state index contributed by atoms with van der Waals surface area (Å²) in [5.41, 5.74) is 4.22. The number of esters is 1. The minimum absolute atomic E-state index is 0.134. The molecule has 1 aliphatic carbocycles. The van der Waals surface area contributed by atoms with E-state index in [2.05, 4.69) is 5.32 Å². The first-order valence-electron chi connectivity index (χ1n) is 9.71. The number of allylic oxidation sites excluding steroid dienone is 2. The number of nitrogens with one attached hydrogen (secondary N) is 1. The van der Waals surface area contributed by atoms with Gasteiger partial charge in [0.25, 0.3) is 0 Å². The number of rotatable bonds is 5. The second kappa shape index (κ2) is 7.83. The van der Waals surface area contributed by atoms with Gasteiger partial charge in [-0.25, -0.2) is 4.79 Å². The van der Waals surface area contributed by atoms with Crippen LogP contribution in [-0.4, -0.2) is 40.2 Å². The first-order chi connectivity index (χ1) is 15.0. The quantitative estimate of drug-likeness (QED) is 0.741. The zero-order chi connectivity index (χ0) is 22.3. The Morgan fingerprint density at radius 3 is 2.10 bits per heavy atom. The largest absolute Gasteiger partial charge is 0.493 e. The number of fused-ring (bicyclic) bond motifs is 2. The molecule has 0 radical (unpaired) electrons. The Balaban J connectivity index is 2.00. The lowest BCUT2D eigenvalue weighted by Crippen LogP contribution is -2.29. The van der Waals surface area contributed by atoms with Crippen LogP contribution in [0.1, 0.15) is 34.3 Å². The fourth-order valence-corrected chi connectivity index (χ4v) is 4.31. The van der Waals surface area contributed by atoms with Gasteiger partial charge in [-0.15, -0.1) is 0 Å². The van der Waals surface area contributed by atoms with Gasteiger partial charge in [0.1, 0.15) is 0 Å². The second-order valence-corrected chi connectivity index (χ2v) is 7.21. The lowest BCUT2D eigenvalue weighted by Gasteiger charge is -2.29. The van der Waals surface area contributed by atoms with Crippen LogP contribution in [0.4, 0.5) is 0 Å². The zero-order valence-electron chi connectivity index (χ0n) is 18.0. The van der Waals surface area contributed by atoms with E-state index in [4.69, 9.17) is 18.9 Å². The van der Waals surface area contributed by atoms with Gasteiger partial charge in [0, 0.05) is 28.3 Å². The van der Waals surface area contributed by atoms with E-state index >= 15 is 0 Å². The highest BCUT2D eigenvalue weighted by atomic mass is 16.5. The van der Waals surface area contributed by atoms with Gasteiger partial charge in [-0.05, 0) is 24.6 Å². The summed E-state index contributed by atoms with van der Waals surface area (Å²) in [5.74, 6) is -0.0231. The van der Waals surface area contributed by atoms with Crippen LogP contribution in [0.25, 0.3) is 5.70 Å². The van der Waals surface area contributed by atoms with Crippen molar-refractivity contribution in [2.45, 2.75) is 12.8 Å². The molecule has 4 rings (SSSR count). The molecule has 1 N–H and O–H groups in total. The molecule has 160 valence electrons. The summed E-state index contributed by atoms with van der Waals surface area (Å²) in [6, 6.07) is 10.9. The SMILES string of the molecule is COC(=O)C1=C(C)NC2=C(C(=O)c3ccccc32)C1c1cc(OC)c(OC)c(OC)c1. The molecule has 2 aromatic rings. The molecule has 7 nitrogen and oxygen atoms in total. The van der Waals surface area contributed by atoms with E-state index in [1.807, 2.05) is 18.2 Å². The molecule has 0 saturated heterocycles. The molecular formula is C24H23NO6. The summed E-state index contributed by atoms with van der Waals surface area (Å²) >= 11 is 0. The fraction of sp³-hybridized carbons (Fsp3) is 0.250. The van der Waals surface area contributed by atoms with Crippen molar-refractivity contribution in [3.05, 3.63) is 69.9 Å². The lowest BCUT2D eigenvalue weighted by atomic mass is 9.79. The van der Waals surface area contributed by atoms with Crippen LogP contribution in [-0.2, 0) is 9.53 Å². The Morgan fingerprint density at radius 2 is 1.55 bits per heavy atom. The van der Waals surface area contributed by atoms with Gasteiger partial charge < -0.3 is 24.3 Å². The van der Waals surface area contributed by atoms with Gasteiger partial charge in [-0.3, -0.25) is 4.79 Å². The number of ether oxygens (including phenoxy) is 4. The van der Waals surface area contributed by atoms with Crippen LogP contribution in [0.15, 0.2) is 53.2 Å². The van der Waals surface area contributed by atoms with Crippen molar-refractivity contribution in [2.75, 3.05) is 28.4 Å². The molecule has 0 fully saturated rings. The van der Waals surface area contributed by atoms with Crippen LogP contribution in [0.2, 0.25) is 0 Å². The monoisotopic (exact) mass is 421 g/mol. The van der Waals surface area contributed by atoms with Gasteiger partial charge in [0.2, 0.25) is 5.75 Å². The Labute approximate surface area is 180 Å². The number of ketones is 1. The number of hydrogen-bond acceptors (Lipinski definition) is 7. The van der Waals surface area contributed by atoms with Crippen LogP contribution in [0, 0.1) is 0 Å². The minimum Gasteiger partial charge on any atom is -0.493 e. The van der Waals surface area contributed by atoms with Crippen molar-refractivity contribution in [3.8, 4) is 17.2 Å². The highest BCUT2D eigenvalue weighted by molar-refractivity contribution is 6.23. The Bertz CT molecular complexity index is 1140. The van der Waals surface area contributed by atoms with E-state index in [0.29, 0.717) is 50.9 Å². The van der Waals surface area contributed by atoms with Gasteiger partial charge in [0.05, 0.1) is 39.7 Å². The molecule has 0 amide bonds. The van der Waals surface area contributed by atoms with Crippen molar-refractivity contribution in [3.63, 3.8) is 0 Å². The zero-order valence-corrected chi connectivity index (χ0v) is 18.0. The molecule has 1 unspecified atom stereocenters. The molecule has 2 aromatic carbocycles. The van der Waals surface area contributed by atoms with Gasteiger partial charge in [0.15, 0.2) is 17.3 Å². The number of carbonyl (C=O) groups is 2. The Kier molecular flexibility index (Phi) is 5.19. The van der Waals surface area contributed by atoms with E-state index in [-0.39, 0.29) is 5.78 Å². The van der Waals surface area contributed by atoms with Crippen molar-refractivity contribution in [2.24, 2.45) is 0 Å². The molecule has 0 saturated carbocycles. The van der Waals surface area contributed by atoms with Crippen LogP contribution in [0.5, 0.6) is 17.2 Å². The molecule has 7 heteroatoms. The summed E-state index contributed by atoms with van der Waals surface area (Å²) in [7, 11) is 5.89. The predicted octanol–water partition coefficient (Wildman–Crippen LogP) is 3.45. The van der Waals surface area contributed by atoms with Gasteiger partial charge in [-0.2, -0.15) is 0 Å². The third-order valence-corrected chi connectivity index (χ3v) is 5.67. The standard InChI is InChI=1S/C24H23NO6/c1-12-18(24(27)31-5)19(13-10-16(28-2)23(30-4)17(11-13)29-3)20-21(25-12)14-8-6-7-9-15(14)22(20)26/h6-11,19,25H,1-5H3. The van der Waals surface area contributed by atoms with Crippen LogP contribution in [0.3, 0.4) is 0 Å². The minimum atomic E-state index is -0.669. The number of dihydropyridines is 1. The molecule has 1 atom stereocenters. The molecule has 1 aliphatic heterocycles. The van der Waals surface area contributed by atoms with Crippen LogP contribution < -0.4 is 19.5 Å². The van der Waals surface area contributed by atoms with E-state index < -0.39 is 11.9 Å². The number of carbonyl (C=O) groups excluding carboxylic acids is 2. The molecule has 0 spiro atoms. The van der Waals surface area contributed by atoms with Gasteiger partial charge in [-0.1, -0.05) is 24.3 Å². The van der Waals surface area contributed by atoms with E-state index in [9.17, 15) is 9.59 Å². The van der Waals surface area contributed by atoms with Gasteiger partial charge >= 0.3 is 5.97 Å². The van der Waals surface area contributed by atoms with E-state index in [1.54, 1.807) is 25.1 Å². The summed E-state index contributed by atoms with van der Waals surface area (Å²) in [6.07, 6.45) is 0. The van der Waals surface area contributed by atoms with Crippen molar-refractivity contribution in [1.82, 2.24) is 5.32 Å². The lowest BCUT2D eigenvalue weighted by molar-refractivity contribution is -0.136. The number of Topliss-reactive ketones (excluding diaryl/α,β-unsaturated/α-hetero) is 1. The first kappa shape index (κ1) is 20.5. The second-order valence-electron chi connectivity index (χ2n) is 7.21. The maximum Gasteiger partial charge on any atom is 0.336 e. The van der Waals surface area contributed by atoms with Crippen molar-refractivity contribution >= 4 is 17.4 Å². The summed E-state index contributed by atoms with van der Waals surface area (Å²) < 4.78 is 21.5. The fourth-order valence-electron chi connectivity index (χ4n) is 4.31. The average molecular weight is 421 g/mol. The third-order valence-electron chi connectivity index (χ3n) is 5.67. The number of methoxy groups -OCH3 is 4.